The highest BCUT2D eigenvalue weighted by molar-refractivity contribution is 8.00. The third kappa shape index (κ3) is 5.00. The molecule has 1 unspecified atom stereocenters. The lowest BCUT2D eigenvalue weighted by Crippen LogP contribution is -2.31. The van der Waals surface area contributed by atoms with Gasteiger partial charge in [-0.2, -0.15) is 0 Å². The van der Waals surface area contributed by atoms with Crippen molar-refractivity contribution in [3.05, 3.63) is 86.3 Å². The van der Waals surface area contributed by atoms with E-state index >= 15 is 0 Å². The minimum atomic E-state index is -1.08. The lowest BCUT2D eigenvalue weighted by atomic mass is 9.95. The Morgan fingerprint density at radius 1 is 1.15 bits per heavy atom. The fraction of sp³-hybridized carbons (Fsp3) is 0.192. The number of methoxy groups -OCH3 is 1. The molecule has 200 valence electrons. The Labute approximate surface area is 234 Å². The molecule has 0 radical (unpaired) electrons. The van der Waals surface area contributed by atoms with Gasteiger partial charge in [0.15, 0.2) is 21.6 Å². The smallest absolute Gasteiger partial charge is 0.296 e. The first kappa shape index (κ1) is 26.8. The molecule has 0 bridgehead atoms. The quantitative estimate of drug-likeness (QED) is 0.156. The highest BCUT2D eigenvalue weighted by Gasteiger charge is 2.47. The number of thioether (sulfide) groups is 1. The predicted molar refractivity (Wildman–Crippen MR) is 146 cm³/mol. The standard InChI is InChI=1S/C26H21FN4O5S3/c1-12-23(38-13(2)28-12)21(33)19-20(14-8-9-17(32)18(10-14)36-3)31(24(35)22(19)34)25-29-30-26(39-25)37-11-15-6-4-5-7-16(15)27/h4-10,20,32,34H,11H2,1-3H3. The van der Waals surface area contributed by atoms with Crippen LogP contribution in [-0.2, 0) is 10.5 Å². The van der Waals surface area contributed by atoms with E-state index in [2.05, 4.69) is 15.2 Å². The number of hydrogen-bond donors (Lipinski definition) is 2. The van der Waals surface area contributed by atoms with E-state index in [-0.39, 0.29) is 28.0 Å². The van der Waals surface area contributed by atoms with Gasteiger partial charge in [-0.25, -0.2) is 9.37 Å². The number of benzene rings is 2. The Bertz CT molecular complexity index is 1630. The molecule has 1 amide bonds. The SMILES string of the molecule is COc1cc(C2C(C(=O)c3sc(C)nc3C)=C(O)C(=O)N2c2nnc(SCc3ccccc3F)s2)ccc1O. The summed E-state index contributed by atoms with van der Waals surface area (Å²) in [5.41, 5.74) is 1.24. The van der Waals surface area contributed by atoms with Crippen LogP contribution in [0, 0.1) is 19.7 Å². The van der Waals surface area contributed by atoms with Gasteiger partial charge < -0.3 is 14.9 Å². The Morgan fingerprint density at radius 2 is 1.92 bits per heavy atom. The molecule has 5 rings (SSSR count). The second kappa shape index (κ2) is 10.8. The number of amides is 1. The summed E-state index contributed by atoms with van der Waals surface area (Å²) in [7, 11) is 1.38. The number of ketones is 1. The number of aliphatic hydroxyl groups is 1. The first-order chi connectivity index (χ1) is 18.7. The molecule has 39 heavy (non-hydrogen) atoms. The van der Waals surface area contributed by atoms with Gasteiger partial charge in [0.1, 0.15) is 5.82 Å². The summed E-state index contributed by atoms with van der Waals surface area (Å²) in [4.78, 5) is 33.0. The molecule has 0 saturated heterocycles. The fourth-order valence-electron chi connectivity index (χ4n) is 4.19. The van der Waals surface area contributed by atoms with E-state index in [1.807, 2.05) is 0 Å². The van der Waals surface area contributed by atoms with E-state index in [0.29, 0.717) is 36.8 Å². The number of phenolic OH excluding ortho intramolecular Hbond substituents is 1. The number of thiazole rings is 1. The first-order valence-corrected chi connectivity index (χ1v) is 14.1. The predicted octanol–water partition coefficient (Wildman–Crippen LogP) is 5.54. The van der Waals surface area contributed by atoms with Crippen molar-refractivity contribution in [2.45, 2.75) is 30.0 Å². The van der Waals surface area contributed by atoms with Crippen LogP contribution in [0.15, 0.2) is 58.1 Å². The van der Waals surface area contributed by atoms with Gasteiger partial charge in [-0.15, -0.1) is 21.5 Å². The van der Waals surface area contributed by atoms with Crippen molar-refractivity contribution in [1.82, 2.24) is 15.2 Å². The molecule has 1 atom stereocenters. The molecule has 1 aliphatic rings. The Morgan fingerprint density at radius 3 is 2.62 bits per heavy atom. The van der Waals surface area contributed by atoms with Crippen molar-refractivity contribution in [3.63, 3.8) is 0 Å². The highest BCUT2D eigenvalue weighted by Crippen LogP contribution is 2.46. The van der Waals surface area contributed by atoms with Crippen molar-refractivity contribution in [2.75, 3.05) is 12.0 Å². The molecule has 3 heterocycles. The number of aromatic hydroxyl groups is 1. The van der Waals surface area contributed by atoms with E-state index in [0.717, 1.165) is 11.3 Å². The second-order valence-electron chi connectivity index (χ2n) is 8.48. The van der Waals surface area contributed by atoms with Crippen molar-refractivity contribution in [2.24, 2.45) is 0 Å². The first-order valence-electron chi connectivity index (χ1n) is 11.5. The number of aromatic nitrogens is 3. The molecule has 0 fully saturated rings. The van der Waals surface area contributed by atoms with Crippen LogP contribution in [0.1, 0.15) is 37.5 Å². The van der Waals surface area contributed by atoms with Crippen LogP contribution < -0.4 is 9.64 Å². The number of halogens is 1. The van der Waals surface area contributed by atoms with E-state index in [1.165, 1.54) is 59.4 Å². The van der Waals surface area contributed by atoms with Crippen molar-refractivity contribution in [1.29, 1.82) is 0 Å². The lowest BCUT2D eigenvalue weighted by Gasteiger charge is -2.24. The van der Waals surface area contributed by atoms with E-state index < -0.39 is 23.5 Å². The van der Waals surface area contributed by atoms with Gasteiger partial charge in [-0.05, 0) is 43.2 Å². The van der Waals surface area contributed by atoms with Crippen molar-refractivity contribution < 1.29 is 28.9 Å². The molecule has 2 aromatic heterocycles. The van der Waals surface area contributed by atoms with Gasteiger partial charge in [-0.1, -0.05) is 47.4 Å². The Hall–Kier alpha value is -3.81. The zero-order chi connectivity index (χ0) is 27.8. The van der Waals surface area contributed by atoms with Crippen LogP contribution >= 0.6 is 34.4 Å². The summed E-state index contributed by atoms with van der Waals surface area (Å²) in [5.74, 6) is -2.12. The molecular weight excluding hydrogens is 564 g/mol. The maximum Gasteiger partial charge on any atom is 0.296 e. The number of ether oxygens (including phenoxy) is 1. The highest BCUT2D eigenvalue weighted by atomic mass is 32.2. The molecule has 0 saturated carbocycles. The average Bonchev–Trinajstić information content (AvgIpc) is 3.59. The molecule has 4 aromatic rings. The molecule has 13 heteroatoms. The molecule has 0 spiro atoms. The normalized spacial score (nSPS) is 15.3. The number of carbonyl (C=O) groups is 2. The van der Waals surface area contributed by atoms with Crippen LogP contribution in [0.25, 0.3) is 0 Å². The summed E-state index contributed by atoms with van der Waals surface area (Å²) in [6.45, 7) is 3.45. The average molecular weight is 585 g/mol. The number of phenols is 1. The minimum Gasteiger partial charge on any atom is -0.504 e. The number of rotatable bonds is 8. The van der Waals surface area contributed by atoms with Gasteiger partial charge in [-0.3, -0.25) is 14.5 Å². The lowest BCUT2D eigenvalue weighted by molar-refractivity contribution is -0.117. The van der Waals surface area contributed by atoms with Crippen LogP contribution in [0.2, 0.25) is 0 Å². The Kier molecular flexibility index (Phi) is 7.38. The second-order valence-corrected chi connectivity index (χ2v) is 11.9. The maximum absolute atomic E-state index is 14.1. The number of Topliss-reactive ketones (excluding diaryl/α,β-unsaturated/α-hetero) is 1. The van der Waals surface area contributed by atoms with Gasteiger partial charge in [0, 0.05) is 5.75 Å². The monoisotopic (exact) mass is 584 g/mol. The topological polar surface area (TPSA) is 126 Å². The summed E-state index contributed by atoms with van der Waals surface area (Å²) in [6, 6.07) is 9.72. The summed E-state index contributed by atoms with van der Waals surface area (Å²) >= 11 is 3.49. The summed E-state index contributed by atoms with van der Waals surface area (Å²) in [5, 5.41) is 30.3. The largest absolute Gasteiger partial charge is 0.504 e. The number of aryl methyl sites for hydroxylation is 2. The van der Waals surface area contributed by atoms with Crippen LogP contribution in [0.3, 0.4) is 0 Å². The minimum absolute atomic E-state index is 0.126. The summed E-state index contributed by atoms with van der Waals surface area (Å²) < 4.78 is 19.8. The van der Waals surface area contributed by atoms with Crippen LogP contribution in [-0.4, -0.2) is 44.2 Å². The van der Waals surface area contributed by atoms with E-state index in [4.69, 9.17) is 4.74 Å². The van der Waals surface area contributed by atoms with Gasteiger partial charge in [0.25, 0.3) is 5.91 Å². The molecule has 0 aliphatic carbocycles. The van der Waals surface area contributed by atoms with Crippen LogP contribution in [0.5, 0.6) is 11.5 Å². The molecular formula is C26H21FN4O5S3. The number of aliphatic hydroxyl groups excluding tert-OH is 1. The van der Waals surface area contributed by atoms with Crippen LogP contribution in [0.4, 0.5) is 9.52 Å². The molecule has 2 aromatic carbocycles. The number of nitrogens with zero attached hydrogens (tertiary/aromatic N) is 4. The van der Waals surface area contributed by atoms with Gasteiger partial charge in [0.05, 0.1) is 34.3 Å². The molecule has 1 aliphatic heterocycles. The zero-order valence-electron chi connectivity index (χ0n) is 20.8. The van der Waals surface area contributed by atoms with Crippen molar-refractivity contribution in [3.8, 4) is 11.5 Å². The van der Waals surface area contributed by atoms with Gasteiger partial charge in [0.2, 0.25) is 10.9 Å². The van der Waals surface area contributed by atoms with Gasteiger partial charge >= 0.3 is 0 Å². The molecule has 2 N–H and O–H groups in total. The fourth-order valence-corrected chi connectivity index (χ4v) is 6.92. The number of anilines is 1. The zero-order valence-corrected chi connectivity index (χ0v) is 23.3. The Balaban J connectivity index is 1.55. The van der Waals surface area contributed by atoms with Crippen molar-refractivity contribution >= 4 is 51.3 Å². The third-order valence-electron chi connectivity index (χ3n) is 5.99. The maximum atomic E-state index is 14.1. The van der Waals surface area contributed by atoms with E-state index in [1.54, 1.807) is 32.0 Å². The molecule has 9 nitrogen and oxygen atoms in total. The van der Waals surface area contributed by atoms with E-state index in [9.17, 15) is 24.2 Å². The number of carbonyl (C=O) groups excluding carboxylic acids is 2. The summed E-state index contributed by atoms with van der Waals surface area (Å²) in [6.07, 6.45) is 0. The third-order valence-corrected chi connectivity index (χ3v) is 9.17. The number of hydrogen-bond acceptors (Lipinski definition) is 11.